The first-order valence-electron chi connectivity index (χ1n) is 12.0. The Morgan fingerprint density at radius 3 is 1.86 bits per heavy atom. The smallest absolute Gasteiger partial charge is 0.245 e. The SMILES string of the molecule is COCc1ccccc1N1C=[N+](c2ccccc2COC)[C@@H](c2ccccc2)[C@@H]1c1ccccc1. The van der Waals surface area contributed by atoms with Crippen molar-refractivity contribution in [2.45, 2.75) is 25.3 Å². The van der Waals surface area contributed by atoms with Crippen LogP contribution in [0.4, 0.5) is 11.4 Å². The summed E-state index contributed by atoms with van der Waals surface area (Å²) in [6.07, 6.45) is 2.26. The molecule has 4 aromatic rings. The van der Waals surface area contributed by atoms with Crippen LogP contribution in [0.5, 0.6) is 0 Å². The second-order valence-electron chi connectivity index (χ2n) is 8.76. The van der Waals surface area contributed by atoms with Gasteiger partial charge in [-0.3, -0.25) is 0 Å². The van der Waals surface area contributed by atoms with Gasteiger partial charge in [-0.1, -0.05) is 97.1 Å². The number of methoxy groups -OCH3 is 2. The molecule has 0 spiro atoms. The number of hydrogen-bond donors (Lipinski definition) is 0. The Morgan fingerprint density at radius 2 is 1.17 bits per heavy atom. The lowest BCUT2D eigenvalue weighted by atomic mass is 9.92. The van der Waals surface area contributed by atoms with Crippen LogP contribution in [-0.2, 0) is 22.7 Å². The van der Waals surface area contributed by atoms with Gasteiger partial charge in [-0.15, -0.1) is 0 Å². The van der Waals surface area contributed by atoms with E-state index in [1.165, 1.54) is 11.1 Å². The third-order valence-electron chi connectivity index (χ3n) is 6.57. The first-order valence-corrected chi connectivity index (χ1v) is 12.0. The zero-order valence-corrected chi connectivity index (χ0v) is 20.2. The molecule has 1 aliphatic rings. The zero-order chi connectivity index (χ0) is 24.0. The standard InChI is InChI=1S/C31H31N2O2/c1-34-21-26-17-9-11-19-28(26)32-23-33(29-20-12-10-18-27(29)22-35-2)31(25-15-7-4-8-16-25)30(32)24-13-5-3-6-14-24/h3-20,23,30-31H,21-22H2,1-2H3/q+1/t30-,31-/m0/s1. The van der Waals surface area contributed by atoms with E-state index in [0.29, 0.717) is 13.2 Å². The largest absolute Gasteiger partial charge is 0.380 e. The minimum atomic E-state index is 0.0622. The minimum Gasteiger partial charge on any atom is -0.380 e. The third kappa shape index (κ3) is 4.63. The second kappa shape index (κ2) is 10.7. The highest BCUT2D eigenvalue weighted by molar-refractivity contribution is 5.82. The Morgan fingerprint density at radius 1 is 0.629 bits per heavy atom. The molecule has 0 aromatic heterocycles. The highest BCUT2D eigenvalue weighted by Crippen LogP contribution is 2.46. The molecule has 0 bridgehead atoms. The molecule has 0 amide bonds. The predicted octanol–water partition coefficient (Wildman–Crippen LogP) is 6.65. The number of anilines is 1. The predicted molar refractivity (Wildman–Crippen MR) is 141 cm³/mol. The second-order valence-corrected chi connectivity index (χ2v) is 8.76. The van der Waals surface area contributed by atoms with Gasteiger partial charge in [0, 0.05) is 36.5 Å². The molecule has 176 valence electrons. The fourth-order valence-corrected chi connectivity index (χ4v) is 5.07. The summed E-state index contributed by atoms with van der Waals surface area (Å²) in [4.78, 5) is 2.41. The van der Waals surface area contributed by atoms with E-state index in [-0.39, 0.29) is 12.1 Å². The Hall–Kier alpha value is -3.73. The molecular formula is C31H31N2O2+. The number of para-hydroxylation sites is 2. The maximum absolute atomic E-state index is 5.57. The number of benzene rings is 4. The van der Waals surface area contributed by atoms with Crippen LogP contribution in [0.25, 0.3) is 0 Å². The molecule has 1 heterocycles. The van der Waals surface area contributed by atoms with E-state index in [1.54, 1.807) is 14.2 Å². The van der Waals surface area contributed by atoms with Crippen molar-refractivity contribution < 1.29 is 14.0 Å². The van der Waals surface area contributed by atoms with Gasteiger partial charge in [0.15, 0.2) is 12.1 Å². The molecule has 0 saturated carbocycles. The number of nitrogens with zero attached hydrogens (tertiary/aromatic N) is 2. The van der Waals surface area contributed by atoms with Gasteiger partial charge in [-0.05, 0) is 12.1 Å². The molecule has 0 aliphatic carbocycles. The first kappa shape index (κ1) is 23.0. The van der Waals surface area contributed by atoms with Crippen LogP contribution in [0.3, 0.4) is 0 Å². The van der Waals surface area contributed by atoms with Crippen molar-refractivity contribution in [1.82, 2.24) is 0 Å². The van der Waals surface area contributed by atoms with Gasteiger partial charge < -0.3 is 9.47 Å². The molecular weight excluding hydrogens is 432 g/mol. The molecule has 2 atom stereocenters. The van der Waals surface area contributed by atoms with Gasteiger partial charge >= 0.3 is 0 Å². The first-order chi connectivity index (χ1) is 17.3. The van der Waals surface area contributed by atoms with Gasteiger partial charge in [0.2, 0.25) is 6.34 Å². The molecule has 35 heavy (non-hydrogen) atoms. The quantitative estimate of drug-likeness (QED) is 0.273. The summed E-state index contributed by atoms with van der Waals surface area (Å²) in [7, 11) is 3.50. The number of ether oxygens (including phenoxy) is 2. The Kier molecular flexibility index (Phi) is 7.03. The van der Waals surface area contributed by atoms with Crippen molar-refractivity contribution in [3.63, 3.8) is 0 Å². The van der Waals surface area contributed by atoms with Gasteiger partial charge in [0.05, 0.1) is 13.2 Å². The highest BCUT2D eigenvalue weighted by Gasteiger charge is 2.46. The Bertz CT molecular complexity index is 1290. The van der Waals surface area contributed by atoms with Gasteiger partial charge in [-0.2, -0.15) is 0 Å². The average Bonchev–Trinajstić information content (AvgIpc) is 3.31. The molecule has 5 rings (SSSR count). The van der Waals surface area contributed by atoms with E-state index < -0.39 is 0 Å². The van der Waals surface area contributed by atoms with Gasteiger partial charge in [0.1, 0.15) is 11.4 Å². The lowest BCUT2D eigenvalue weighted by Crippen LogP contribution is -2.27. The summed E-state index contributed by atoms with van der Waals surface area (Å²) in [6.45, 7) is 1.11. The van der Waals surface area contributed by atoms with Crippen molar-refractivity contribution in [3.8, 4) is 0 Å². The molecule has 1 aliphatic heterocycles. The minimum absolute atomic E-state index is 0.0622. The summed E-state index contributed by atoms with van der Waals surface area (Å²) in [5.41, 5.74) is 7.14. The van der Waals surface area contributed by atoms with Crippen molar-refractivity contribution in [2.24, 2.45) is 0 Å². The van der Waals surface area contributed by atoms with Gasteiger partial charge in [-0.25, -0.2) is 9.48 Å². The van der Waals surface area contributed by atoms with Crippen LogP contribution in [0, 0.1) is 0 Å². The van der Waals surface area contributed by atoms with Gasteiger partial charge in [0.25, 0.3) is 0 Å². The topological polar surface area (TPSA) is 24.7 Å². The summed E-state index contributed by atoms with van der Waals surface area (Å²) in [5.74, 6) is 0. The normalized spacial score (nSPS) is 17.4. The average molecular weight is 464 g/mol. The van der Waals surface area contributed by atoms with E-state index in [1.807, 2.05) is 0 Å². The summed E-state index contributed by atoms with van der Waals surface area (Å²) >= 11 is 0. The third-order valence-corrected chi connectivity index (χ3v) is 6.57. The van der Waals surface area contributed by atoms with E-state index >= 15 is 0 Å². The molecule has 0 radical (unpaired) electrons. The lowest BCUT2D eigenvalue weighted by molar-refractivity contribution is -0.482. The van der Waals surface area contributed by atoms with Crippen LogP contribution < -0.4 is 4.90 Å². The molecule has 4 aromatic carbocycles. The highest BCUT2D eigenvalue weighted by atomic mass is 16.5. The lowest BCUT2D eigenvalue weighted by Gasteiger charge is -2.25. The van der Waals surface area contributed by atoms with Crippen molar-refractivity contribution in [1.29, 1.82) is 0 Å². The molecule has 0 N–H and O–H groups in total. The summed E-state index contributed by atoms with van der Waals surface area (Å²) in [5, 5.41) is 0. The molecule has 0 fully saturated rings. The van der Waals surface area contributed by atoms with Crippen molar-refractivity contribution >= 4 is 17.7 Å². The number of rotatable bonds is 8. The summed E-state index contributed by atoms with van der Waals surface area (Å²) in [6, 6.07) is 38.7. The van der Waals surface area contributed by atoms with E-state index in [0.717, 1.165) is 22.5 Å². The Labute approximate surface area is 207 Å². The van der Waals surface area contributed by atoms with E-state index in [4.69, 9.17) is 9.47 Å². The molecule has 4 heteroatoms. The monoisotopic (exact) mass is 463 g/mol. The van der Waals surface area contributed by atoms with E-state index in [2.05, 4.69) is 125 Å². The molecule has 0 saturated heterocycles. The van der Waals surface area contributed by atoms with Crippen LogP contribution in [0.2, 0.25) is 0 Å². The molecule has 0 unspecified atom stereocenters. The van der Waals surface area contributed by atoms with Crippen molar-refractivity contribution in [3.05, 3.63) is 131 Å². The van der Waals surface area contributed by atoms with E-state index in [9.17, 15) is 0 Å². The zero-order valence-electron chi connectivity index (χ0n) is 20.2. The molecule has 4 nitrogen and oxygen atoms in total. The van der Waals surface area contributed by atoms with Crippen LogP contribution in [0.1, 0.15) is 34.3 Å². The Balaban J connectivity index is 1.75. The number of hydrogen-bond acceptors (Lipinski definition) is 3. The maximum Gasteiger partial charge on any atom is 0.245 e. The fourth-order valence-electron chi connectivity index (χ4n) is 5.07. The fraction of sp³-hybridized carbons (Fsp3) is 0.194. The maximum atomic E-state index is 5.57. The summed E-state index contributed by atoms with van der Waals surface area (Å²) < 4.78 is 13.6. The van der Waals surface area contributed by atoms with Crippen LogP contribution in [-0.4, -0.2) is 25.1 Å². The van der Waals surface area contributed by atoms with Crippen molar-refractivity contribution in [2.75, 3.05) is 19.1 Å². The van der Waals surface area contributed by atoms with Crippen LogP contribution in [0.15, 0.2) is 109 Å². The van der Waals surface area contributed by atoms with Crippen LogP contribution >= 0.6 is 0 Å².